The smallest absolute Gasteiger partial charge is 0.394 e. The van der Waals surface area contributed by atoms with Crippen molar-refractivity contribution in [3.63, 3.8) is 0 Å². The molecule has 0 aliphatic heterocycles. The van der Waals surface area contributed by atoms with E-state index < -0.39 is 21.9 Å². The number of carboxylic acid groups (broad SMARTS) is 1. The summed E-state index contributed by atoms with van der Waals surface area (Å²) in [6.07, 6.45) is 0. The minimum Gasteiger partial charge on any atom is -0.474 e. The number of aromatic nitrogens is 2. The van der Waals surface area contributed by atoms with Crippen LogP contribution >= 0.6 is 11.7 Å². The third-order valence-electron chi connectivity index (χ3n) is 2.44. The summed E-state index contributed by atoms with van der Waals surface area (Å²) in [5, 5.41) is 10.4. The number of nitrogens with zero attached hydrogens (tertiary/aromatic N) is 2. The predicted octanol–water partition coefficient (Wildman–Crippen LogP) is -0.830. The second kappa shape index (κ2) is 6.11. The van der Waals surface area contributed by atoms with Gasteiger partial charge in [0.2, 0.25) is 10.0 Å². The maximum atomic E-state index is 12.1. The molecule has 112 valence electrons. The molecule has 0 aliphatic carbocycles. The van der Waals surface area contributed by atoms with Gasteiger partial charge in [-0.2, -0.15) is 8.75 Å². The molecule has 1 amide bonds. The highest BCUT2D eigenvalue weighted by atomic mass is 32.2. The lowest BCUT2D eigenvalue weighted by Gasteiger charge is -2.07. The van der Waals surface area contributed by atoms with Crippen molar-refractivity contribution < 1.29 is 23.1 Å². The molecule has 9 nitrogen and oxygen atoms in total. The molecule has 0 atom stereocenters. The van der Waals surface area contributed by atoms with Crippen LogP contribution in [0.1, 0.15) is 0 Å². The predicted molar refractivity (Wildman–Crippen MR) is 73.2 cm³/mol. The Morgan fingerprint density at radius 3 is 2.71 bits per heavy atom. The molecule has 0 spiro atoms. The Kier molecular flexibility index (Phi) is 4.45. The zero-order valence-corrected chi connectivity index (χ0v) is 12.1. The Bertz CT molecular complexity index is 786. The average Bonchev–Trinajstić information content (AvgIpc) is 2.91. The average molecular weight is 330 g/mol. The van der Waals surface area contributed by atoms with Crippen molar-refractivity contribution in [3.8, 4) is 0 Å². The van der Waals surface area contributed by atoms with Gasteiger partial charge in [0, 0.05) is 13.1 Å². The van der Waals surface area contributed by atoms with Crippen molar-refractivity contribution in [1.82, 2.24) is 18.8 Å². The van der Waals surface area contributed by atoms with Crippen LogP contribution in [0.5, 0.6) is 0 Å². The fourth-order valence-corrected chi connectivity index (χ4v) is 3.31. The molecule has 0 bridgehead atoms. The first kappa shape index (κ1) is 15.3. The number of aliphatic carboxylic acids is 1. The van der Waals surface area contributed by atoms with Crippen molar-refractivity contribution in [2.24, 2.45) is 0 Å². The van der Waals surface area contributed by atoms with Gasteiger partial charge < -0.3 is 10.4 Å². The molecule has 2 rings (SSSR count). The highest BCUT2D eigenvalue weighted by molar-refractivity contribution is 7.89. The second-order valence-electron chi connectivity index (χ2n) is 3.85. The summed E-state index contributed by atoms with van der Waals surface area (Å²) < 4.78 is 34.4. The van der Waals surface area contributed by atoms with Gasteiger partial charge in [-0.3, -0.25) is 4.79 Å². The summed E-state index contributed by atoms with van der Waals surface area (Å²) in [7, 11) is -3.82. The molecule has 1 aromatic heterocycles. The van der Waals surface area contributed by atoms with Crippen LogP contribution in [0, 0.1) is 0 Å². The summed E-state index contributed by atoms with van der Waals surface area (Å²) >= 11 is 0.904. The molecule has 21 heavy (non-hydrogen) atoms. The Balaban J connectivity index is 2.04. The van der Waals surface area contributed by atoms with Gasteiger partial charge in [0.1, 0.15) is 15.9 Å². The van der Waals surface area contributed by atoms with Gasteiger partial charge in [-0.1, -0.05) is 6.07 Å². The topological polar surface area (TPSA) is 138 Å². The lowest BCUT2D eigenvalue weighted by Crippen LogP contribution is -2.37. The summed E-state index contributed by atoms with van der Waals surface area (Å²) in [6, 6.07) is 4.58. The minimum absolute atomic E-state index is 0.0155. The Labute approximate surface area is 123 Å². The number of carboxylic acids is 1. The van der Waals surface area contributed by atoms with Crippen LogP contribution in [0.3, 0.4) is 0 Å². The van der Waals surface area contributed by atoms with Crippen molar-refractivity contribution in [1.29, 1.82) is 0 Å². The third kappa shape index (κ3) is 3.51. The summed E-state index contributed by atoms with van der Waals surface area (Å²) in [4.78, 5) is 21.0. The van der Waals surface area contributed by atoms with Gasteiger partial charge >= 0.3 is 11.9 Å². The first-order valence-corrected chi connectivity index (χ1v) is 7.85. The molecule has 2 aromatic rings. The summed E-state index contributed by atoms with van der Waals surface area (Å²) in [6.45, 7) is -0.287. The Morgan fingerprint density at radius 2 is 2.00 bits per heavy atom. The van der Waals surface area contributed by atoms with E-state index in [4.69, 9.17) is 5.11 Å². The van der Waals surface area contributed by atoms with Crippen LogP contribution in [-0.4, -0.2) is 47.2 Å². The van der Waals surface area contributed by atoms with Crippen LogP contribution in [0.25, 0.3) is 11.0 Å². The first-order valence-electron chi connectivity index (χ1n) is 5.64. The van der Waals surface area contributed by atoms with Crippen LogP contribution in [0.2, 0.25) is 0 Å². The number of carbonyl (C=O) groups excluding carboxylic acids is 1. The zero-order chi connectivity index (χ0) is 15.5. The maximum Gasteiger partial charge on any atom is 0.394 e. The van der Waals surface area contributed by atoms with Gasteiger partial charge in [0.25, 0.3) is 0 Å². The molecule has 0 fully saturated rings. The maximum absolute atomic E-state index is 12.1. The molecule has 0 aliphatic rings. The number of nitrogens with one attached hydrogen (secondary N) is 2. The van der Waals surface area contributed by atoms with Crippen LogP contribution in [-0.2, 0) is 19.6 Å². The van der Waals surface area contributed by atoms with E-state index in [-0.39, 0.29) is 23.5 Å². The summed E-state index contributed by atoms with van der Waals surface area (Å²) in [5.74, 6) is -2.82. The standard InChI is InChI=1S/C10H10N4O5S2/c15-9(10(16)17)11-4-5-12-21(18,19)7-3-1-2-6-8(7)14-20-13-6/h1-3,12H,4-5H2,(H,11,15)(H,16,17). The van der Waals surface area contributed by atoms with Gasteiger partial charge in [0.05, 0.1) is 11.7 Å². The van der Waals surface area contributed by atoms with Crippen molar-refractivity contribution >= 4 is 44.7 Å². The molecule has 11 heteroatoms. The van der Waals surface area contributed by atoms with Crippen molar-refractivity contribution in [3.05, 3.63) is 18.2 Å². The fourth-order valence-electron chi connectivity index (χ4n) is 1.51. The summed E-state index contributed by atoms with van der Waals surface area (Å²) in [5.41, 5.74) is 0.742. The van der Waals surface area contributed by atoms with Gasteiger partial charge in [-0.15, -0.1) is 0 Å². The van der Waals surface area contributed by atoms with E-state index in [1.165, 1.54) is 6.07 Å². The van der Waals surface area contributed by atoms with E-state index in [1.54, 1.807) is 12.1 Å². The fraction of sp³-hybridized carbons (Fsp3) is 0.200. The highest BCUT2D eigenvalue weighted by Gasteiger charge is 2.19. The Hall–Kier alpha value is -2.11. The highest BCUT2D eigenvalue weighted by Crippen LogP contribution is 2.20. The number of sulfonamides is 1. The van der Waals surface area contributed by atoms with Gasteiger partial charge in [0.15, 0.2) is 0 Å². The van der Waals surface area contributed by atoms with Crippen LogP contribution < -0.4 is 10.0 Å². The van der Waals surface area contributed by atoms with E-state index in [1.807, 2.05) is 5.32 Å². The van der Waals surface area contributed by atoms with Crippen LogP contribution in [0.4, 0.5) is 0 Å². The number of amides is 1. The van der Waals surface area contributed by atoms with E-state index in [0.717, 1.165) is 11.7 Å². The largest absolute Gasteiger partial charge is 0.474 e. The molecule has 0 radical (unpaired) electrons. The van der Waals surface area contributed by atoms with E-state index in [0.29, 0.717) is 5.52 Å². The molecule has 1 heterocycles. The normalized spacial score (nSPS) is 11.4. The molecular weight excluding hydrogens is 320 g/mol. The number of rotatable bonds is 5. The van der Waals surface area contributed by atoms with Gasteiger partial charge in [-0.25, -0.2) is 17.9 Å². The van der Waals surface area contributed by atoms with E-state index >= 15 is 0 Å². The monoisotopic (exact) mass is 330 g/mol. The van der Waals surface area contributed by atoms with Crippen molar-refractivity contribution in [2.75, 3.05) is 13.1 Å². The molecule has 0 unspecified atom stereocenters. The van der Waals surface area contributed by atoms with Crippen LogP contribution in [0.15, 0.2) is 23.1 Å². The SMILES string of the molecule is O=C(O)C(=O)NCCNS(=O)(=O)c1cccc2nsnc12. The Morgan fingerprint density at radius 1 is 1.24 bits per heavy atom. The van der Waals surface area contributed by atoms with Crippen molar-refractivity contribution in [2.45, 2.75) is 4.90 Å². The second-order valence-corrected chi connectivity index (χ2v) is 6.11. The molecule has 1 aromatic carbocycles. The van der Waals surface area contributed by atoms with E-state index in [9.17, 15) is 18.0 Å². The lowest BCUT2D eigenvalue weighted by molar-refractivity contribution is -0.150. The van der Waals surface area contributed by atoms with E-state index in [2.05, 4.69) is 13.5 Å². The zero-order valence-electron chi connectivity index (χ0n) is 10.4. The number of hydrogen-bond acceptors (Lipinski definition) is 7. The molecule has 3 N–H and O–H groups in total. The quantitative estimate of drug-likeness (QED) is 0.480. The third-order valence-corrected chi connectivity index (χ3v) is 4.47. The molecule has 0 saturated heterocycles. The number of carbonyl (C=O) groups is 2. The first-order chi connectivity index (χ1) is 9.92. The minimum atomic E-state index is -3.82. The molecular formula is C10H10N4O5S2. The van der Waals surface area contributed by atoms with Gasteiger partial charge in [-0.05, 0) is 12.1 Å². The number of fused-ring (bicyclic) bond motifs is 1. The molecule has 0 saturated carbocycles. The lowest BCUT2D eigenvalue weighted by atomic mass is 10.3. The number of hydrogen-bond donors (Lipinski definition) is 3. The number of benzene rings is 1.